The lowest BCUT2D eigenvalue weighted by Crippen LogP contribution is -2.46. The van der Waals surface area contributed by atoms with Crippen LogP contribution in [0.15, 0.2) is 60.8 Å². The highest BCUT2D eigenvalue weighted by molar-refractivity contribution is 7.47. The maximum Gasteiger partial charge on any atom is 0.472 e. The largest absolute Gasteiger partial charge is 0.472 e. The average Bonchev–Trinajstić information content (AvgIpc) is 3.12. The minimum absolute atomic E-state index is 0.0823. The van der Waals surface area contributed by atoms with Gasteiger partial charge in [-0.2, -0.15) is 0 Å². The molecule has 0 fully saturated rings. The first-order chi connectivity index (χ1) is 24.9. The lowest BCUT2D eigenvalue weighted by molar-refractivity contribution is -0.123. The monoisotopic (exact) mass is 737 g/mol. The van der Waals surface area contributed by atoms with E-state index in [1.807, 2.05) is 0 Å². The molecule has 51 heavy (non-hydrogen) atoms. The second-order valence-corrected chi connectivity index (χ2v) is 14.9. The van der Waals surface area contributed by atoms with E-state index in [0.29, 0.717) is 12.8 Å². The number of amides is 1. The normalized spacial score (nSPS) is 14.8. The van der Waals surface area contributed by atoms with Gasteiger partial charge in [-0.15, -0.1) is 0 Å². The predicted octanol–water partition coefficient (Wildman–Crippen LogP) is 11.1. The standard InChI is InChI=1S/C42H77N2O6P/c1-3-5-7-9-11-13-15-16-17-18-19-20-21-22-23-24-26-28-30-32-34-36-42(46)44-40(39-50-51(47,48)49-38-37-43)41(45)35-33-31-29-27-25-14-12-10-8-6-4-2/h5,7,11,13,16-17,19-20,22-23,40-41,45H,3-4,6,8-10,12,14-15,18,21,24-39,43H2,1-2H3,(H,44,46)(H,47,48)/b7-5-,13-11-,17-16-,20-19-,23-22-. The Bertz CT molecular complexity index is 980. The molecule has 0 bridgehead atoms. The summed E-state index contributed by atoms with van der Waals surface area (Å²) in [5.74, 6) is -0.184. The van der Waals surface area contributed by atoms with Crippen LogP contribution < -0.4 is 11.1 Å². The second-order valence-electron chi connectivity index (χ2n) is 13.5. The molecule has 0 aliphatic carbocycles. The lowest BCUT2D eigenvalue weighted by Gasteiger charge is -2.25. The van der Waals surface area contributed by atoms with Crippen molar-refractivity contribution in [3.63, 3.8) is 0 Å². The van der Waals surface area contributed by atoms with Crippen LogP contribution in [-0.4, -0.2) is 47.8 Å². The summed E-state index contributed by atoms with van der Waals surface area (Å²) >= 11 is 0. The first-order valence-electron chi connectivity index (χ1n) is 20.4. The summed E-state index contributed by atoms with van der Waals surface area (Å²) in [5.41, 5.74) is 5.36. The van der Waals surface area contributed by atoms with E-state index in [-0.39, 0.29) is 25.7 Å². The van der Waals surface area contributed by atoms with E-state index in [1.165, 1.54) is 51.4 Å². The van der Waals surface area contributed by atoms with Gasteiger partial charge in [0.2, 0.25) is 5.91 Å². The summed E-state index contributed by atoms with van der Waals surface area (Å²) in [5, 5.41) is 13.7. The molecule has 8 nitrogen and oxygen atoms in total. The molecule has 296 valence electrons. The van der Waals surface area contributed by atoms with Gasteiger partial charge in [-0.3, -0.25) is 13.8 Å². The molecular weight excluding hydrogens is 659 g/mol. The molecule has 3 unspecified atom stereocenters. The fourth-order valence-electron chi connectivity index (χ4n) is 5.57. The smallest absolute Gasteiger partial charge is 0.391 e. The molecule has 0 aliphatic heterocycles. The van der Waals surface area contributed by atoms with Gasteiger partial charge in [0, 0.05) is 13.0 Å². The maximum atomic E-state index is 12.7. The molecule has 0 saturated heterocycles. The highest BCUT2D eigenvalue weighted by atomic mass is 31.2. The van der Waals surface area contributed by atoms with Crippen molar-refractivity contribution in [3.8, 4) is 0 Å². The summed E-state index contributed by atoms with van der Waals surface area (Å²) in [6.45, 7) is 4.05. The minimum atomic E-state index is -4.32. The van der Waals surface area contributed by atoms with E-state index in [1.54, 1.807) is 0 Å². The predicted molar refractivity (Wildman–Crippen MR) is 217 cm³/mol. The minimum Gasteiger partial charge on any atom is -0.391 e. The molecule has 0 spiro atoms. The Morgan fingerprint density at radius 2 is 1.14 bits per heavy atom. The van der Waals surface area contributed by atoms with Crippen molar-refractivity contribution < 1.29 is 28.4 Å². The number of phosphoric ester groups is 1. The van der Waals surface area contributed by atoms with E-state index < -0.39 is 20.0 Å². The van der Waals surface area contributed by atoms with E-state index >= 15 is 0 Å². The Kier molecular flexibility index (Phi) is 36.6. The SMILES string of the molecule is CC/C=C\C/C=C\C/C=C\C/C=C\C/C=C\CCCCCCCC(=O)NC(COP(=O)(O)OCCN)C(O)CCCCCCCCCCCCC. The molecule has 0 radical (unpaired) electrons. The molecule has 0 rings (SSSR count). The third-order valence-corrected chi connectivity index (χ3v) is 9.62. The zero-order valence-electron chi connectivity index (χ0n) is 32.6. The first-order valence-corrected chi connectivity index (χ1v) is 21.9. The number of nitrogens with two attached hydrogens (primary N) is 1. The zero-order valence-corrected chi connectivity index (χ0v) is 33.5. The van der Waals surface area contributed by atoms with E-state index in [9.17, 15) is 19.4 Å². The number of aliphatic hydroxyl groups excluding tert-OH is 1. The highest BCUT2D eigenvalue weighted by Gasteiger charge is 2.27. The summed E-state index contributed by atoms with van der Waals surface area (Å²) in [7, 11) is -4.32. The quantitative estimate of drug-likeness (QED) is 0.0284. The highest BCUT2D eigenvalue weighted by Crippen LogP contribution is 2.43. The summed E-state index contributed by atoms with van der Waals surface area (Å²) in [4.78, 5) is 22.7. The van der Waals surface area contributed by atoms with E-state index in [4.69, 9.17) is 14.8 Å². The molecule has 0 saturated carbocycles. The summed E-state index contributed by atoms with van der Waals surface area (Å²) in [6.07, 6.45) is 46.5. The van der Waals surface area contributed by atoms with Gasteiger partial charge in [-0.25, -0.2) is 4.57 Å². The van der Waals surface area contributed by atoms with Crippen LogP contribution in [0.1, 0.15) is 168 Å². The van der Waals surface area contributed by atoms with Crippen molar-refractivity contribution in [2.75, 3.05) is 19.8 Å². The van der Waals surface area contributed by atoms with Crippen LogP contribution in [0.2, 0.25) is 0 Å². The Morgan fingerprint density at radius 3 is 1.67 bits per heavy atom. The number of unbranched alkanes of at least 4 members (excludes halogenated alkanes) is 15. The Balaban J connectivity index is 4.22. The molecule has 3 atom stereocenters. The van der Waals surface area contributed by atoms with Crippen molar-refractivity contribution in [1.29, 1.82) is 0 Å². The fourth-order valence-corrected chi connectivity index (χ4v) is 6.33. The molecule has 0 aromatic carbocycles. The van der Waals surface area contributed by atoms with E-state index in [2.05, 4.69) is 79.9 Å². The number of carbonyl (C=O) groups excluding carboxylic acids is 1. The van der Waals surface area contributed by atoms with Crippen LogP contribution in [0.3, 0.4) is 0 Å². The first kappa shape index (κ1) is 49.2. The number of rotatable bonds is 37. The van der Waals surface area contributed by atoms with Crippen LogP contribution in [0, 0.1) is 0 Å². The van der Waals surface area contributed by atoms with Crippen LogP contribution in [0.25, 0.3) is 0 Å². The van der Waals surface area contributed by atoms with Gasteiger partial charge in [-0.1, -0.05) is 164 Å². The lowest BCUT2D eigenvalue weighted by atomic mass is 10.0. The Labute approximate surface area is 313 Å². The van der Waals surface area contributed by atoms with Crippen molar-refractivity contribution >= 4 is 13.7 Å². The van der Waals surface area contributed by atoms with Gasteiger partial charge >= 0.3 is 7.82 Å². The van der Waals surface area contributed by atoms with E-state index in [0.717, 1.165) is 89.9 Å². The number of carbonyl (C=O) groups is 1. The number of aliphatic hydroxyl groups is 1. The van der Waals surface area contributed by atoms with Crippen molar-refractivity contribution in [2.24, 2.45) is 5.73 Å². The van der Waals surface area contributed by atoms with Gasteiger partial charge in [-0.05, 0) is 57.8 Å². The van der Waals surface area contributed by atoms with Crippen LogP contribution in [0.5, 0.6) is 0 Å². The number of phosphoric acid groups is 1. The molecule has 9 heteroatoms. The summed E-state index contributed by atoms with van der Waals surface area (Å²) < 4.78 is 22.1. The van der Waals surface area contributed by atoms with Crippen molar-refractivity contribution in [3.05, 3.63) is 60.8 Å². The van der Waals surface area contributed by atoms with Gasteiger partial charge in [0.1, 0.15) is 0 Å². The van der Waals surface area contributed by atoms with Gasteiger partial charge in [0.15, 0.2) is 0 Å². The summed E-state index contributed by atoms with van der Waals surface area (Å²) in [6, 6.07) is -0.786. The van der Waals surface area contributed by atoms with Crippen LogP contribution in [-0.2, 0) is 18.4 Å². The average molecular weight is 737 g/mol. The molecule has 1 amide bonds. The molecule has 0 heterocycles. The molecule has 0 aromatic rings. The number of allylic oxidation sites excluding steroid dienone is 10. The zero-order chi connectivity index (χ0) is 37.5. The second kappa shape index (κ2) is 37.9. The topological polar surface area (TPSA) is 131 Å². The molecule has 5 N–H and O–H groups in total. The third kappa shape index (κ3) is 36.4. The number of nitrogens with one attached hydrogen (secondary N) is 1. The Morgan fingerprint density at radius 1 is 0.667 bits per heavy atom. The maximum absolute atomic E-state index is 12.7. The molecule has 0 aliphatic rings. The third-order valence-electron chi connectivity index (χ3n) is 8.64. The van der Waals surface area contributed by atoms with Crippen LogP contribution >= 0.6 is 7.82 Å². The van der Waals surface area contributed by atoms with Gasteiger partial charge < -0.3 is 21.1 Å². The number of hydrogen-bond donors (Lipinski definition) is 4. The van der Waals surface area contributed by atoms with Gasteiger partial charge in [0.25, 0.3) is 0 Å². The van der Waals surface area contributed by atoms with Crippen molar-refractivity contribution in [1.82, 2.24) is 5.32 Å². The molecular formula is C42H77N2O6P. The fraction of sp³-hybridized carbons (Fsp3) is 0.738. The molecule has 0 aromatic heterocycles. The Hall–Kier alpha value is -1.80. The van der Waals surface area contributed by atoms with Crippen molar-refractivity contribution in [2.45, 2.75) is 180 Å². The van der Waals surface area contributed by atoms with Crippen LogP contribution in [0.4, 0.5) is 0 Å². The number of hydrogen-bond acceptors (Lipinski definition) is 6. The van der Waals surface area contributed by atoms with Gasteiger partial charge in [0.05, 0.1) is 25.4 Å².